The van der Waals surface area contributed by atoms with Crippen LogP contribution in [-0.2, 0) is 16.0 Å². The van der Waals surface area contributed by atoms with E-state index < -0.39 is 11.9 Å². The number of aliphatic carboxylic acids is 2. The van der Waals surface area contributed by atoms with E-state index in [0.717, 1.165) is 12.8 Å². The predicted octanol–water partition coefficient (Wildman–Crippen LogP) is 4.76. The van der Waals surface area contributed by atoms with Gasteiger partial charge in [0.2, 0.25) is 0 Å². The Labute approximate surface area is 179 Å². The first-order chi connectivity index (χ1) is 14.3. The average molecular weight is 425 g/mol. The molecule has 1 rings (SSSR count). The molecule has 0 amide bonds. The maximum absolute atomic E-state index is 10.7. The molecule has 8 heteroatoms. The van der Waals surface area contributed by atoms with Gasteiger partial charge in [-0.3, -0.25) is 10.1 Å². The number of rotatable bonds is 14. The fraction of sp³-hybridized carbons (Fsp3) is 0.636. The molecule has 30 heavy (non-hydrogen) atoms. The number of carboxylic acids is 2. The van der Waals surface area contributed by atoms with E-state index in [1.807, 2.05) is 12.1 Å². The van der Waals surface area contributed by atoms with E-state index in [-0.39, 0.29) is 10.6 Å². The van der Waals surface area contributed by atoms with Gasteiger partial charge in [-0.15, -0.1) is 0 Å². The van der Waals surface area contributed by atoms with E-state index in [9.17, 15) is 10.1 Å². The first-order valence-corrected chi connectivity index (χ1v) is 10.7. The Kier molecular flexibility index (Phi) is 15.9. The number of aryl methyl sites for hydroxylation is 1. The van der Waals surface area contributed by atoms with Crippen molar-refractivity contribution in [3.05, 3.63) is 39.9 Å². The standard InChI is InChI=1S/C20H34N2O2.C2H2O4/c1-3-5-7-9-17-21(16-6-4-2)18-10-8-11-19-12-14-20(15-13-19)22(23)24;3-1(4)2(5)6/h12-15H,3-11,16-18H2,1-2H3;(H,3,4)(H,5,6). The summed E-state index contributed by atoms with van der Waals surface area (Å²) in [6.45, 7) is 8.15. The molecule has 1 aromatic rings. The molecule has 0 heterocycles. The van der Waals surface area contributed by atoms with Crippen LogP contribution >= 0.6 is 0 Å². The number of nitrogens with zero attached hydrogens (tertiary/aromatic N) is 2. The number of nitro groups is 1. The summed E-state index contributed by atoms with van der Waals surface area (Å²) >= 11 is 0. The van der Waals surface area contributed by atoms with Gasteiger partial charge in [-0.25, -0.2) is 9.59 Å². The van der Waals surface area contributed by atoms with Gasteiger partial charge in [0.05, 0.1) is 4.92 Å². The molecule has 0 spiro atoms. The zero-order chi connectivity index (χ0) is 22.8. The lowest BCUT2D eigenvalue weighted by Gasteiger charge is -2.22. The van der Waals surface area contributed by atoms with Gasteiger partial charge in [0, 0.05) is 12.1 Å². The van der Waals surface area contributed by atoms with Crippen LogP contribution in [0.3, 0.4) is 0 Å². The zero-order valence-corrected chi connectivity index (χ0v) is 18.2. The summed E-state index contributed by atoms with van der Waals surface area (Å²) in [5.74, 6) is -3.65. The minimum Gasteiger partial charge on any atom is -0.473 e. The fourth-order valence-electron chi connectivity index (χ4n) is 2.93. The van der Waals surface area contributed by atoms with Crippen LogP contribution < -0.4 is 0 Å². The topological polar surface area (TPSA) is 121 Å². The van der Waals surface area contributed by atoms with Crippen LogP contribution in [0.5, 0.6) is 0 Å². The van der Waals surface area contributed by atoms with Crippen LogP contribution in [0.2, 0.25) is 0 Å². The van der Waals surface area contributed by atoms with Gasteiger partial charge in [0.15, 0.2) is 0 Å². The highest BCUT2D eigenvalue weighted by atomic mass is 16.6. The van der Waals surface area contributed by atoms with E-state index >= 15 is 0 Å². The molecule has 0 aliphatic carbocycles. The number of carboxylic acid groups (broad SMARTS) is 2. The molecule has 0 unspecified atom stereocenters. The van der Waals surface area contributed by atoms with Gasteiger partial charge in [0.25, 0.3) is 5.69 Å². The summed E-state index contributed by atoms with van der Waals surface area (Å²) in [4.78, 5) is 31.1. The molecule has 0 bridgehead atoms. The van der Waals surface area contributed by atoms with Crippen molar-refractivity contribution >= 4 is 17.6 Å². The SMILES string of the molecule is CCCCCCN(CCCC)CCCCc1ccc([N+](=O)[O-])cc1.O=C(O)C(=O)O. The van der Waals surface area contributed by atoms with Crippen molar-refractivity contribution in [1.29, 1.82) is 0 Å². The lowest BCUT2D eigenvalue weighted by Crippen LogP contribution is -2.27. The normalized spacial score (nSPS) is 10.4. The summed E-state index contributed by atoms with van der Waals surface area (Å²) < 4.78 is 0. The first-order valence-electron chi connectivity index (χ1n) is 10.7. The molecule has 0 aliphatic rings. The zero-order valence-electron chi connectivity index (χ0n) is 18.2. The third-order valence-electron chi connectivity index (χ3n) is 4.68. The Hall–Kier alpha value is -2.48. The number of hydrogen-bond acceptors (Lipinski definition) is 5. The molecule has 0 fully saturated rings. The van der Waals surface area contributed by atoms with Gasteiger partial charge >= 0.3 is 11.9 Å². The Morgan fingerprint density at radius 2 is 1.33 bits per heavy atom. The van der Waals surface area contributed by atoms with Crippen molar-refractivity contribution in [1.82, 2.24) is 4.90 Å². The molecule has 0 radical (unpaired) electrons. The summed E-state index contributed by atoms with van der Waals surface area (Å²) in [6.07, 6.45) is 11.2. The molecule has 0 aliphatic heterocycles. The predicted molar refractivity (Wildman–Crippen MR) is 117 cm³/mol. The van der Waals surface area contributed by atoms with E-state index in [1.54, 1.807) is 12.1 Å². The van der Waals surface area contributed by atoms with Crippen molar-refractivity contribution in [3.8, 4) is 0 Å². The molecule has 0 atom stereocenters. The second-order valence-corrected chi connectivity index (χ2v) is 7.25. The van der Waals surface area contributed by atoms with Gasteiger partial charge in [-0.2, -0.15) is 0 Å². The molecule has 8 nitrogen and oxygen atoms in total. The fourth-order valence-corrected chi connectivity index (χ4v) is 2.93. The number of unbranched alkanes of at least 4 members (excludes halogenated alkanes) is 5. The smallest absolute Gasteiger partial charge is 0.414 e. The van der Waals surface area contributed by atoms with E-state index in [0.29, 0.717) is 0 Å². The first kappa shape index (κ1) is 27.5. The van der Waals surface area contributed by atoms with E-state index in [2.05, 4.69) is 18.7 Å². The van der Waals surface area contributed by atoms with Crippen LogP contribution in [0.25, 0.3) is 0 Å². The monoisotopic (exact) mass is 424 g/mol. The van der Waals surface area contributed by atoms with Crippen LogP contribution in [-0.4, -0.2) is 51.6 Å². The minimum atomic E-state index is -1.82. The molecule has 0 aromatic heterocycles. The lowest BCUT2D eigenvalue weighted by molar-refractivity contribution is -0.384. The number of carbonyl (C=O) groups is 2. The van der Waals surface area contributed by atoms with E-state index in [1.165, 1.54) is 70.1 Å². The van der Waals surface area contributed by atoms with Crippen LogP contribution in [0, 0.1) is 10.1 Å². The Morgan fingerprint density at radius 1 is 0.833 bits per heavy atom. The van der Waals surface area contributed by atoms with Gasteiger partial charge in [0.1, 0.15) is 0 Å². The highest BCUT2D eigenvalue weighted by Gasteiger charge is 2.06. The van der Waals surface area contributed by atoms with Crippen molar-refractivity contribution < 1.29 is 24.7 Å². The lowest BCUT2D eigenvalue weighted by atomic mass is 10.1. The molecular formula is C22H36N2O6. The average Bonchev–Trinajstić information content (AvgIpc) is 2.72. The number of benzene rings is 1. The van der Waals surface area contributed by atoms with Crippen molar-refractivity contribution in [2.45, 2.75) is 71.6 Å². The van der Waals surface area contributed by atoms with Crippen molar-refractivity contribution in [2.75, 3.05) is 19.6 Å². The Morgan fingerprint density at radius 3 is 1.80 bits per heavy atom. The number of hydrogen-bond donors (Lipinski definition) is 2. The second kappa shape index (κ2) is 17.4. The van der Waals surface area contributed by atoms with Gasteiger partial charge < -0.3 is 15.1 Å². The Bertz CT molecular complexity index is 607. The van der Waals surface area contributed by atoms with Crippen LogP contribution in [0.1, 0.15) is 70.8 Å². The molecule has 0 saturated carbocycles. The van der Waals surface area contributed by atoms with Crippen molar-refractivity contribution in [2.24, 2.45) is 0 Å². The highest BCUT2D eigenvalue weighted by molar-refractivity contribution is 6.27. The molecule has 2 N–H and O–H groups in total. The van der Waals surface area contributed by atoms with Crippen LogP contribution in [0.4, 0.5) is 5.69 Å². The molecule has 170 valence electrons. The van der Waals surface area contributed by atoms with Crippen LogP contribution in [0.15, 0.2) is 24.3 Å². The highest BCUT2D eigenvalue weighted by Crippen LogP contribution is 2.14. The summed E-state index contributed by atoms with van der Waals surface area (Å²) in [5, 5.41) is 25.4. The summed E-state index contributed by atoms with van der Waals surface area (Å²) in [7, 11) is 0. The van der Waals surface area contributed by atoms with Crippen molar-refractivity contribution in [3.63, 3.8) is 0 Å². The minimum absolute atomic E-state index is 0.177. The molecule has 1 aromatic carbocycles. The quantitative estimate of drug-likeness (QED) is 0.191. The summed E-state index contributed by atoms with van der Waals surface area (Å²) in [5.41, 5.74) is 1.38. The number of non-ortho nitro benzene ring substituents is 1. The van der Waals surface area contributed by atoms with Gasteiger partial charge in [-0.05, 0) is 57.3 Å². The maximum atomic E-state index is 10.7. The van der Waals surface area contributed by atoms with E-state index in [4.69, 9.17) is 19.8 Å². The van der Waals surface area contributed by atoms with Gasteiger partial charge in [-0.1, -0.05) is 51.7 Å². The third kappa shape index (κ3) is 14.5. The Balaban J connectivity index is 0.00000122. The second-order valence-electron chi connectivity index (χ2n) is 7.25. The largest absolute Gasteiger partial charge is 0.473 e. The maximum Gasteiger partial charge on any atom is 0.414 e. The molecular weight excluding hydrogens is 388 g/mol. The third-order valence-corrected chi connectivity index (χ3v) is 4.68. The summed E-state index contributed by atoms with van der Waals surface area (Å²) in [6, 6.07) is 6.99. The number of nitro benzene ring substituents is 1. The molecule has 0 saturated heterocycles.